The van der Waals surface area contributed by atoms with Crippen molar-refractivity contribution in [1.29, 1.82) is 0 Å². The summed E-state index contributed by atoms with van der Waals surface area (Å²) in [6.07, 6.45) is 4.35. The van der Waals surface area contributed by atoms with Crippen molar-refractivity contribution in [3.05, 3.63) is 59.9 Å². The van der Waals surface area contributed by atoms with Gasteiger partial charge in [0.05, 0.1) is 11.7 Å². The molecule has 4 heteroatoms. The molecule has 2 aromatic heterocycles. The van der Waals surface area contributed by atoms with Gasteiger partial charge in [0.15, 0.2) is 0 Å². The molecule has 0 aliphatic rings. The zero-order valence-electron chi connectivity index (χ0n) is 11.9. The van der Waals surface area contributed by atoms with Crippen LogP contribution in [-0.2, 0) is 6.42 Å². The number of nitrogens with zero attached hydrogens (tertiary/aromatic N) is 2. The molecule has 3 rings (SSSR count). The lowest BCUT2D eigenvalue weighted by molar-refractivity contribution is 0.457. The molecule has 21 heavy (non-hydrogen) atoms. The minimum atomic E-state index is 0.604. The number of fused-ring (bicyclic) bond motifs is 1. The van der Waals surface area contributed by atoms with E-state index in [9.17, 15) is 0 Å². The Hall–Kier alpha value is -2.46. The van der Waals surface area contributed by atoms with Crippen molar-refractivity contribution in [2.24, 2.45) is 5.73 Å². The van der Waals surface area contributed by atoms with Crippen LogP contribution in [0.15, 0.2) is 48.8 Å². The second-order valence-corrected chi connectivity index (χ2v) is 4.97. The van der Waals surface area contributed by atoms with Crippen molar-refractivity contribution in [3.8, 4) is 11.6 Å². The summed E-state index contributed by atoms with van der Waals surface area (Å²) in [6.45, 7) is 2.60. The Morgan fingerprint density at radius 3 is 2.76 bits per heavy atom. The highest BCUT2D eigenvalue weighted by molar-refractivity contribution is 5.79. The first kappa shape index (κ1) is 13.5. The summed E-state index contributed by atoms with van der Waals surface area (Å²) in [5, 5.41) is 1.05. The van der Waals surface area contributed by atoms with Crippen molar-refractivity contribution in [2.45, 2.75) is 13.3 Å². The summed E-state index contributed by atoms with van der Waals surface area (Å²) in [4.78, 5) is 8.75. The second-order valence-electron chi connectivity index (χ2n) is 4.97. The second kappa shape index (κ2) is 5.89. The highest BCUT2D eigenvalue weighted by atomic mass is 16.5. The number of rotatable bonds is 4. The van der Waals surface area contributed by atoms with Crippen LogP contribution < -0.4 is 10.5 Å². The molecular weight excluding hydrogens is 262 g/mol. The van der Waals surface area contributed by atoms with Crippen molar-refractivity contribution in [2.75, 3.05) is 6.54 Å². The number of aryl methyl sites for hydroxylation is 1. The molecule has 0 spiro atoms. The van der Waals surface area contributed by atoms with Gasteiger partial charge in [-0.3, -0.25) is 4.98 Å². The number of para-hydroxylation sites is 1. The highest BCUT2D eigenvalue weighted by Gasteiger charge is 2.06. The van der Waals surface area contributed by atoms with Gasteiger partial charge in [0.25, 0.3) is 0 Å². The van der Waals surface area contributed by atoms with E-state index in [1.807, 2.05) is 43.5 Å². The van der Waals surface area contributed by atoms with Gasteiger partial charge in [0, 0.05) is 17.1 Å². The van der Waals surface area contributed by atoms with Gasteiger partial charge in [-0.2, -0.15) is 0 Å². The molecule has 2 heterocycles. The predicted octanol–water partition coefficient (Wildman–Crippen LogP) is 3.23. The van der Waals surface area contributed by atoms with Crippen LogP contribution in [0.4, 0.5) is 0 Å². The van der Waals surface area contributed by atoms with Crippen LogP contribution in [0.5, 0.6) is 11.6 Å². The lowest BCUT2D eigenvalue weighted by Gasteiger charge is -2.09. The third-order valence-electron chi connectivity index (χ3n) is 3.30. The summed E-state index contributed by atoms with van der Waals surface area (Å²) in [7, 11) is 0. The summed E-state index contributed by atoms with van der Waals surface area (Å²) in [6, 6.07) is 12.0. The number of nitrogens with two attached hydrogens (primary N) is 1. The van der Waals surface area contributed by atoms with Crippen molar-refractivity contribution >= 4 is 10.9 Å². The number of pyridine rings is 2. The van der Waals surface area contributed by atoms with E-state index in [2.05, 4.69) is 16.0 Å². The van der Waals surface area contributed by atoms with Gasteiger partial charge in [0.1, 0.15) is 5.75 Å². The van der Waals surface area contributed by atoms with Crippen LogP contribution in [0.3, 0.4) is 0 Å². The number of hydrogen-bond acceptors (Lipinski definition) is 4. The molecular formula is C17H17N3O. The fourth-order valence-electron chi connectivity index (χ4n) is 2.25. The first-order valence-electron chi connectivity index (χ1n) is 6.94. The van der Waals surface area contributed by atoms with Crippen molar-refractivity contribution < 1.29 is 4.74 Å². The Morgan fingerprint density at radius 1 is 1.10 bits per heavy atom. The molecule has 0 radical (unpaired) electrons. The number of ether oxygens (including phenoxy) is 1. The molecule has 0 bridgehead atoms. The molecule has 0 saturated heterocycles. The van der Waals surface area contributed by atoms with Crippen LogP contribution in [0.25, 0.3) is 10.9 Å². The lowest BCUT2D eigenvalue weighted by Crippen LogP contribution is -2.03. The minimum absolute atomic E-state index is 0.604. The lowest BCUT2D eigenvalue weighted by atomic mass is 10.1. The Bertz CT molecular complexity index is 771. The SMILES string of the molecule is Cc1cc(CCN)cnc1Oc1cnc2ccccc2c1. The molecule has 4 nitrogen and oxygen atoms in total. The number of aromatic nitrogens is 2. The van der Waals surface area contributed by atoms with Gasteiger partial charge in [-0.05, 0) is 43.7 Å². The Morgan fingerprint density at radius 2 is 1.95 bits per heavy atom. The van der Waals surface area contributed by atoms with E-state index in [1.165, 1.54) is 0 Å². The first-order valence-corrected chi connectivity index (χ1v) is 6.94. The molecule has 3 aromatic rings. The van der Waals surface area contributed by atoms with Gasteiger partial charge >= 0.3 is 0 Å². The van der Waals surface area contributed by atoms with Gasteiger partial charge in [0.2, 0.25) is 5.88 Å². The molecule has 106 valence electrons. The van der Waals surface area contributed by atoms with Crippen molar-refractivity contribution in [1.82, 2.24) is 9.97 Å². The van der Waals surface area contributed by atoms with Gasteiger partial charge in [-0.1, -0.05) is 18.2 Å². The van der Waals surface area contributed by atoms with E-state index >= 15 is 0 Å². The Labute approximate surface area is 123 Å². The fourth-order valence-corrected chi connectivity index (χ4v) is 2.25. The predicted molar refractivity (Wildman–Crippen MR) is 83.5 cm³/mol. The average molecular weight is 279 g/mol. The molecule has 0 fully saturated rings. The van der Waals surface area contributed by atoms with Crippen LogP contribution in [0.2, 0.25) is 0 Å². The standard InChI is InChI=1S/C17H17N3O/c1-12-8-13(6-7-18)10-20-17(12)21-15-9-14-4-2-3-5-16(14)19-11-15/h2-5,8-11H,6-7,18H2,1H3. The molecule has 2 N–H and O–H groups in total. The van der Waals surface area contributed by atoms with E-state index in [1.54, 1.807) is 6.20 Å². The maximum absolute atomic E-state index is 5.85. The summed E-state index contributed by atoms with van der Waals surface area (Å²) >= 11 is 0. The third-order valence-corrected chi connectivity index (χ3v) is 3.30. The molecule has 1 aromatic carbocycles. The maximum atomic E-state index is 5.85. The largest absolute Gasteiger partial charge is 0.437 e. The topological polar surface area (TPSA) is 61.0 Å². The molecule has 0 aliphatic heterocycles. The van der Waals surface area contributed by atoms with Crippen LogP contribution in [-0.4, -0.2) is 16.5 Å². The van der Waals surface area contributed by atoms with Gasteiger partial charge in [-0.15, -0.1) is 0 Å². The van der Waals surface area contributed by atoms with Crippen LogP contribution in [0, 0.1) is 6.92 Å². The quantitative estimate of drug-likeness (QED) is 0.796. The zero-order valence-corrected chi connectivity index (χ0v) is 11.9. The Kier molecular flexibility index (Phi) is 3.79. The van der Waals surface area contributed by atoms with Crippen molar-refractivity contribution in [3.63, 3.8) is 0 Å². The first-order chi connectivity index (χ1) is 10.3. The Balaban J connectivity index is 1.87. The molecule has 0 saturated carbocycles. The molecule has 0 atom stereocenters. The maximum Gasteiger partial charge on any atom is 0.222 e. The minimum Gasteiger partial charge on any atom is -0.437 e. The monoisotopic (exact) mass is 279 g/mol. The van der Waals surface area contributed by atoms with E-state index in [-0.39, 0.29) is 0 Å². The normalized spacial score (nSPS) is 10.8. The van der Waals surface area contributed by atoms with Crippen LogP contribution >= 0.6 is 0 Å². The van der Waals surface area contributed by atoms with E-state index in [0.29, 0.717) is 18.2 Å². The van der Waals surface area contributed by atoms with Gasteiger partial charge in [-0.25, -0.2) is 4.98 Å². The molecule has 0 unspecified atom stereocenters. The zero-order chi connectivity index (χ0) is 14.7. The van der Waals surface area contributed by atoms with E-state index < -0.39 is 0 Å². The smallest absolute Gasteiger partial charge is 0.222 e. The summed E-state index contributed by atoms with van der Waals surface area (Å²) < 4.78 is 5.85. The third kappa shape index (κ3) is 3.01. The van der Waals surface area contributed by atoms with E-state index in [4.69, 9.17) is 10.5 Å². The highest BCUT2D eigenvalue weighted by Crippen LogP contribution is 2.25. The average Bonchev–Trinajstić information content (AvgIpc) is 2.50. The summed E-state index contributed by atoms with van der Waals surface area (Å²) in [5.41, 5.74) is 8.63. The molecule has 0 aliphatic carbocycles. The van der Waals surface area contributed by atoms with Gasteiger partial charge < -0.3 is 10.5 Å². The van der Waals surface area contributed by atoms with E-state index in [0.717, 1.165) is 28.5 Å². The summed E-state index contributed by atoms with van der Waals surface area (Å²) in [5.74, 6) is 1.30. The number of hydrogen-bond donors (Lipinski definition) is 1. The number of benzene rings is 1. The molecule has 0 amide bonds. The van der Waals surface area contributed by atoms with Crippen LogP contribution in [0.1, 0.15) is 11.1 Å². The fraction of sp³-hybridized carbons (Fsp3) is 0.176.